The smallest absolute Gasteiger partial charge is 0.216 e. The standard InChI is InChI=1S/C21H24N2O3S/c1-4-23(11-12-24)19-8-7-18(17(3)13-19)14-21(15-22)27(25,26)20-9-5-16(2)6-10-20/h5-10,13-14,24H,4,11-12H2,1-3H3/b21-14+. The first-order chi connectivity index (χ1) is 12.8. The van der Waals surface area contributed by atoms with E-state index in [2.05, 4.69) is 0 Å². The molecule has 0 bridgehead atoms. The molecule has 2 aromatic rings. The van der Waals surface area contributed by atoms with Crippen molar-refractivity contribution in [3.63, 3.8) is 0 Å². The summed E-state index contributed by atoms with van der Waals surface area (Å²) in [5, 5.41) is 18.6. The molecule has 0 amide bonds. The minimum absolute atomic E-state index is 0.0575. The van der Waals surface area contributed by atoms with Crippen molar-refractivity contribution >= 4 is 21.6 Å². The molecule has 5 nitrogen and oxygen atoms in total. The molecule has 0 aliphatic heterocycles. The fourth-order valence-corrected chi connectivity index (χ4v) is 3.92. The minimum Gasteiger partial charge on any atom is -0.395 e. The number of nitrogens with zero attached hydrogens (tertiary/aromatic N) is 2. The molecule has 0 spiro atoms. The van der Waals surface area contributed by atoms with Gasteiger partial charge in [-0.25, -0.2) is 8.42 Å². The van der Waals surface area contributed by atoms with Crippen LogP contribution in [-0.2, 0) is 9.84 Å². The van der Waals surface area contributed by atoms with Crippen LogP contribution in [0.5, 0.6) is 0 Å². The van der Waals surface area contributed by atoms with Crippen LogP contribution in [0, 0.1) is 25.2 Å². The Morgan fingerprint density at radius 3 is 2.37 bits per heavy atom. The lowest BCUT2D eigenvalue weighted by Crippen LogP contribution is -2.26. The molecule has 27 heavy (non-hydrogen) atoms. The van der Waals surface area contributed by atoms with Crippen LogP contribution in [0.15, 0.2) is 52.3 Å². The van der Waals surface area contributed by atoms with Gasteiger partial charge in [-0.2, -0.15) is 5.26 Å². The zero-order valence-corrected chi connectivity index (χ0v) is 16.6. The molecule has 0 saturated carbocycles. The predicted octanol–water partition coefficient (Wildman–Crippen LogP) is 3.46. The van der Waals surface area contributed by atoms with Crippen LogP contribution in [0.1, 0.15) is 23.6 Å². The number of rotatable bonds is 7. The van der Waals surface area contributed by atoms with E-state index in [0.717, 1.165) is 23.4 Å². The lowest BCUT2D eigenvalue weighted by atomic mass is 10.1. The van der Waals surface area contributed by atoms with Gasteiger partial charge in [0.15, 0.2) is 0 Å². The minimum atomic E-state index is -3.87. The van der Waals surface area contributed by atoms with E-state index in [0.29, 0.717) is 12.1 Å². The third kappa shape index (κ3) is 4.76. The molecule has 0 atom stereocenters. The summed E-state index contributed by atoms with van der Waals surface area (Å²) < 4.78 is 25.5. The summed E-state index contributed by atoms with van der Waals surface area (Å²) in [6, 6.07) is 13.9. The monoisotopic (exact) mass is 384 g/mol. The Morgan fingerprint density at radius 2 is 1.85 bits per heavy atom. The van der Waals surface area contributed by atoms with Crippen LogP contribution in [0.25, 0.3) is 6.08 Å². The van der Waals surface area contributed by atoms with Crippen LogP contribution < -0.4 is 4.90 Å². The van der Waals surface area contributed by atoms with E-state index in [1.165, 1.54) is 18.2 Å². The van der Waals surface area contributed by atoms with Gasteiger partial charge >= 0.3 is 0 Å². The summed E-state index contributed by atoms with van der Waals surface area (Å²) in [6.07, 6.45) is 1.41. The third-order valence-corrected chi connectivity index (χ3v) is 6.07. The van der Waals surface area contributed by atoms with Gasteiger partial charge in [-0.15, -0.1) is 0 Å². The summed E-state index contributed by atoms with van der Waals surface area (Å²) >= 11 is 0. The quantitative estimate of drug-likeness (QED) is 0.739. The van der Waals surface area contributed by atoms with Gasteiger partial charge in [0.25, 0.3) is 0 Å². The van der Waals surface area contributed by atoms with Crippen molar-refractivity contribution in [2.45, 2.75) is 25.7 Å². The van der Waals surface area contributed by atoms with Crippen molar-refractivity contribution in [1.29, 1.82) is 5.26 Å². The molecular formula is C21H24N2O3S. The highest BCUT2D eigenvalue weighted by Crippen LogP contribution is 2.25. The predicted molar refractivity (Wildman–Crippen MR) is 108 cm³/mol. The zero-order chi connectivity index (χ0) is 20.0. The fourth-order valence-electron chi connectivity index (χ4n) is 2.76. The average molecular weight is 385 g/mol. The molecule has 0 unspecified atom stereocenters. The highest BCUT2D eigenvalue weighted by Gasteiger charge is 2.21. The Labute approximate surface area is 161 Å². The Hall–Kier alpha value is -2.62. The molecule has 142 valence electrons. The van der Waals surface area contributed by atoms with Gasteiger partial charge in [-0.05, 0) is 62.2 Å². The Morgan fingerprint density at radius 1 is 1.19 bits per heavy atom. The SMILES string of the molecule is CCN(CCO)c1ccc(/C=C(\C#N)S(=O)(=O)c2ccc(C)cc2)c(C)c1. The van der Waals surface area contributed by atoms with Crippen LogP contribution in [-0.4, -0.2) is 33.2 Å². The second-order valence-corrected chi connectivity index (χ2v) is 8.20. The summed E-state index contributed by atoms with van der Waals surface area (Å²) in [6.45, 7) is 7.08. The molecule has 0 radical (unpaired) electrons. The zero-order valence-electron chi connectivity index (χ0n) is 15.8. The number of allylic oxidation sites excluding steroid dienone is 1. The first-order valence-electron chi connectivity index (χ1n) is 8.73. The maximum atomic E-state index is 12.8. The molecule has 2 aromatic carbocycles. The summed E-state index contributed by atoms with van der Waals surface area (Å²) in [5.74, 6) is 0. The lowest BCUT2D eigenvalue weighted by Gasteiger charge is -2.22. The Balaban J connectivity index is 2.43. The van der Waals surface area contributed by atoms with Crippen molar-refractivity contribution in [3.8, 4) is 6.07 Å². The number of nitriles is 1. The van der Waals surface area contributed by atoms with E-state index < -0.39 is 9.84 Å². The van der Waals surface area contributed by atoms with Gasteiger partial charge in [0.2, 0.25) is 9.84 Å². The van der Waals surface area contributed by atoms with Gasteiger partial charge in [0.05, 0.1) is 11.5 Å². The van der Waals surface area contributed by atoms with Crippen LogP contribution in [0.2, 0.25) is 0 Å². The Bertz CT molecular complexity index is 971. The first kappa shape index (κ1) is 20.7. The molecular weight excluding hydrogens is 360 g/mol. The number of hydrogen-bond acceptors (Lipinski definition) is 5. The van der Waals surface area contributed by atoms with Crippen molar-refractivity contribution in [2.75, 3.05) is 24.6 Å². The van der Waals surface area contributed by atoms with E-state index in [9.17, 15) is 13.7 Å². The summed E-state index contributed by atoms with van der Waals surface area (Å²) in [5.41, 5.74) is 3.43. The maximum Gasteiger partial charge on any atom is 0.216 e. The Kier molecular flexibility index (Phi) is 6.78. The summed E-state index contributed by atoms with van der Waals surface area (Å²) in [4.78, 5) is 1.84. The average Bonchev–Trinajstić information content (AvgIpc) is 2.65. The molecule has 0 aromatic heterocycles. The molecule has 1 N–H and O–H groups in total. The molecule has 0 aliphatic rings. The van der Waals surface area contributed by atoms with Crippen molar-refractivity contribution in [1.82, 2.24) is 0 Å². The normalized spacial score (nSPS) is 11.9. The van der Waals surface area contributed by atoms with E-state index in [1.54, 1.807) is 18.2 Å². The molecule has 0 heterocycles. The van der Waals surface area contributed by atoms with Crippen molar-refractivity contribution < 1.29 is 13.5 Å². The van der Waals surface area contributed by atoms with Crippen molar-refractivity contribution in [3.05, 3.63) is 64.1 Å². The van der Waals surface area contributed by atoms with Gasteiger partial charge in [-0.1, -0.05) is 23.8 Å². The molecule has 0 fully saturated rings. The maximum absolute atomic E-state index is 12.8. The number of hydrogen-bond donors (Lipinski definition) is 1. The second-order valence-electron chi connectivity index (χ2n) is 6.28. The van der Waals surface area contributed by atoms with E-state index in [-0.39, 0.29) is 16.4 Å². The highest BCUT2D eigenvalue weighted by molar-refractivity contribution is 7.95. The van der Waals surface area contributed by atoms with E-state index in [1.807, 2.05) is 43.9 Å². The number of likely N-dealkylation sites (N-methyl/N-ethyl adjacent to an activating group) is 1. The number of aliphatic hydroxyl groups is 1. The molecule has 0 aliphatic carbocycles. The number of sulfone groups is 1. The summed E-state index contributed by atoms with van der Waals surface area (Å²) in [7, 11) is -3.87. The topological polar surface area (TPSA) is 81.4 Å². The van der Waals surface area contributed by atoms with Gasteiger partial charge in [-0.3, -0.25) is 0 Å². The van der Waals surface area contributed by atoms with E-state index >= 15 is 0 Å². The first-order valence-corrected chi connectivity index (χ1v) is 10.2. The third-order valence-electron chi connectivity index (χ3n) is 4.39. The lowest BCUT2D eigenvalue weighted by molar-refractivity contribution is 0.302. The van der Waals surface area contributed by atoms with Crippen LogP contribution in [0.4, 0.5) is 5.69 Å². The fraction of sp³-hybridized carbons (Fsp3) is 0.286. The van der Waals surface area contributed by atoms with Gasteiger partial charge < -0.3 is 10.0 Å². The highest BCUT2D eigenvalue weighted by atomic mass is 32.2. The largest absolute Gasteiger partial charge is 0.395 e. The molecule has 0 saturated heterocycles. The second kappa shape index (κ2) is 8.85. The van der Waals surface area contributed by atoms with E-state index in [4.69, 9.17) is 5.11 Å². The molecule has 2 rings (SSSR count). The van der Waals surface area contributed by atoms with Crippen LogP contribution >= 0.6 is 0 Å². The number of benzene rings is 2. The van der Waals surface area contributed by atoms with Gasteiger partial charge in [0.1, 0.15) is 11.0 Å². The van der Waals surface area contributed by atoms with Crippen molar-refractivity contribution in [2.24, 2.45) is 0 Å². The number of anilines is 1. The number of aliphatic hydroxyl groups excluding tert-OH is 1. The number of aryl methyl sites for hydroxylation is 2. The molecule has 6 heteroatoms. The van der Waals surface area contributed by atoms with Gasteiger partial charge in [0, 0.05) is 18.8 Å². The van der Waals surface area contributed by atoms with Crippen LogP contribution in [0.3, 0.4) is 0 Å².